The molecule has 61 heavy (non-hydrogen) atoms. The summed E-state index contributed by atoms with van der Waals surface area (Å²) in [5.74, 6) is -0.699. The van der Waals surface area contributed by atoms with Crippen LogP contribution in [0.1, 0.15) is 61.1 Å². The zero-order chi connectivity index (χ0) is 42.6. The zero-order valence-corrected chi connectivity index (χ0v) is 35.0. The number of carbonyl (C=O) groups is 3. The maximum Gasteiger partial charge on any atom is 0.254 e. The van der Waals surface area contributed by atoms with E-state index in [1.54, 1.807) is 35.6 Å². The van der Waals surface area contributed by atoms with Crippen LogP contribution in [0.3, 0.4) is 0 Å². The number of ether oxygens (including phenoxy) is 1. The number of thiazole rings is 1. The molecule has 4 aromatic heterocycles. The number of phenols is 1. The van der Waals surface area contributed by atoms with Crippen LogP contribution in [0.2, 0.25) is 0 Å². The number of phenolic OH excluding ortho intramolecular Hbond substituents is 1. The van der Waals surface area contributed by atoms with Crippen molar-refractivity contribution in [1.82, 2.24) is 45.8 Å². The van der Waals surface area contributed by atoms with E-state index >= 15 is 0 Å². The summed E-state index contributed by atoms with van der Waals surface area (Å²) in [7, 11) is 0. The van der Waals surface area contributed by atoms with Crippen LogP contribution >= 0.6 is 11.3 Å². The number of para-hydroxylation sites is 1. The molecule has 0 saturated carbocycles. The summed E-state index contributed by atoms with van der Waals surface area (Å²) in [5.41, 5.74) is 7.69. The first-order valence-corrected chi connectivity index (χ1v) is 21.4. The number of H-pyrrole nitrogens is 1. The molecule has 2 aliphatic heterocycles. The number of rotatable bonds is 16. The number of hydrogen-bond donors (Lipinski definition) is 5. The van der Waals surface area contributed by atoms with Gasteiger partial charge in [-0.1, -0.05) is 50.2 Å². The van der Waals surface area contributed by atoms with Crippen molar-refractivity contribution in [2.24, 2.45) is 5.92 Å². The van der Waals surface area contributed by atoms with Crippen LogP contribution in [0, 0.1) is 12.8 Å². The quantitative estimate of drug-likeness (QED) is 0.0836. The Morgan fingerprint density at radius 1 is 1.05 bits per heavy atom. The third-order valence-electron chi connectivity index (χ3n) is 11.4. The second-order valence-corrected chi connectivity index (χ2v) is 16.8. The van der Waals surface area contributed by atoms with Gasteiger partial charge in [-0.25, -0.2) is 4.98 Å². The number of fused-ring (bicyclic) bond motifs is 1. The van der Waals surface area contributed by atoms with Gasteiger partial charge in [-0.15, -0.1) is 21.5 Å². The highest BCUT2D eigenvalue weighted by Crippen LogP contribution is 2.36. The Labute approximate surface area is 356 Å². The molecule has 6 heterocycles. The Morgan fingerprint density at radius 3 is 2.61 bits per heavy atom. The third-order valence-corrected chi connectivity index (χ3v) is 12.4. The van der Waals surface area contributed by atoms with E-state index in [2.05, 4.69) is 36.0 Å². The lowest BCUT2D eigenvalue weighted by atomic mass is 9.91. The van der Waals surface area contributed by atoms with Crippen LogP contribution in [0.25, 0.3) is 32.7 Å². The van der Waals surface area contributed by atoms with Crippen LogP contribution in [0.5, 0.6) is 11.6 Å². The van der Waals surface area contributed by atoms with Crippen molar-refractivity contribution < 1.29 is 33.9 Å². The van der Waals surface area contributed by atoms with Crippen LogP contribution in [-0.4, -0.2) is 115 Å². The largest absolute Gasteiger partial charge is 0.507 e. The minimum absolute atomic E-state index is 0.0372. The maximum absolute atomic E-state index is 14.0. The number of benzene rings is 2. The van der Waals surface area contributed by atoms with Crippen molar-refractivity contribution in [2.75, 3.05) is 39.3 Å². The van der Waals surface area contributed by atoms with Crippen molar-refractivity contribution in [1.29, 1.82) is 0 Å². The third kappa shape index (κ3) is 9.13. The van der Waals surface area contributed by atoms with Crippen molar-refractivity contribution in [3.8, 4) is 33.3 Å². The summed E-state index contributed by atoms with van der Waals surface area (Å²) in [5, 5.41) is 40.6. The van der Waals surface area contributed by atoms with Gasteiger partial charge in [0.25, 0.3) is 5.88 Å². The fourth-order valence-corrected chi connectivity index (χ4v) is 8.87. The van der Waals surface area contributed by atoms with E-state index < -0.39 is 18.1 Å². The highest BCUT2D eigenvalue weighted by molar-refractivity contribution is 7.13. The van der Waals surface area contributed by atoms with Crippen molar-refractivity contribution >= 4 is 40.1 Å². The fourth-order valence-electron chi connectivity index (χ4n) is 8.05. The molecule has 318 valence electrons. The normalized spacial score (nSPS) is 17.2. The van der Waals surface area contributed by atoms with E-state index in [1.165, 1.54) is 4.90 Å². The molecule has 0 aliphatic carbocycles. The Kier molecular flexibility index (Phi) is 12.4. The van der Waals surface area contributed by atoms with Gasteiger partial charge in [-0.05, 0) is 52.9 Å². The van der Waals surface area contributed by atoms with Gasteiger partial charge in [0.2, 0.25) is 17.7 Å². The van der Waals surface area contributed by atoms with Crippen molar-refractivity contribution in [3.05, 3.63) is 95.0 Å². The molecule has 2 aromatic carbocycles. The van der Waals surface area contributed by atoms with E-state index in [0.717, 1.165) is 32.6 Å². The Morgan fingerprint density at radius 2 is 1.85 bits per heavy atom. The van der Waals surface area contributed by atoms with Crippen LogP contribution in [0.15, 0.2) is 76.9 Å². The van der Waals surface area contributed by atoms with Gasteiger partial charge in [-0.3, -0.25) is 14.4 Å². The highest BCUT2D eigenvalue weighted by Gasteiger charge is 2.43. The SMILES string of the molecule is Cc1ncsc1-c1ccc(CNC(=O)[C@@H]2C[C@@H](O)CN2C(=O)[C@@H](c2cc(OCCNCCC(=O)N3CC(c4c[nH]c5nnc(-c6ccccc6O)cc45)C3)no2)C(C)C)cc1. The lowest BCUT2D eigenvalue weighted by Gasteiger charge is -2.39. The summed E-state index contributed by atoms with van der Waals surface area (Å²) in [6.07, 6.45) is 1.56. The van der Waals surface area contributed by atoms with Gasteiger partial charge in [0.15, 0.2) is 11.4 Å². The molecule has 2 fully saturated rings. The van der Waals surface area contributed by atoms with Gasteiger partial charge in [0.1, 0.15) is 24.3 Å². The van der Waals surface area contributed by atoms with Crippen molar-refractivity contribution in [2.45, 2.75) is 64.1 Å². The number of carbonyl (C=O) groups excluding carboxylic acids is 3. The van der Waals surface area contributed by atoms with E-state index in [1.807, 2.05) is 73.8 Å². The number of nitrogens with zero attached hydrogens (tertiary/aromatic N) is 6. The van der Waals surface area contributed by atoms with Crippen LogP contribution in [0.4, 0.5) is 0 Å². The van der Waals surface area contributed by atoms with E-state index in [-0.39, 0.29) is 67.3 Å². The second kappa shape index (κ2) is 18.2. The molecular formula is C44H49N9O7S. The fraction of sp³-hybridized carbons (Fsp3) is 0.386. The number of aromatic hydroxyl groups is 1. The number of aromatic nitrogens is 5. The predicted molar refractivity (Wildman–Crippen MR) is 228 cm³/mol. The molecule has 0 radical (unpaired) electrons. The predicted octanol–water partition coefficient (Wildman–Crippen LogP) is 4.75. The number of aliphatic hydroxyl groups is 1. The molecular weight excluding hydrogens is 799 g/mol. The number of likely N-dealkylation sites (tertiary alicyclic amines) is 2. The van der Waals surface area contributed by atoms with Gasteiger partial charge >= 0.3 is 0 Å². The van der Waals surface area contributed by atoms with Crippen LogP contribution < -0.4 is 15.4 Å². The molecule has 0 unspecified atom stereocenters. The second-order valence-electron chi connectivity index (χ2n) is 16.0. The van der Waals surface area contributed by atoms with E-state index in [9.17, 15) is 24.6 Å². The Bertz CT molecular complexity index is 2490. The molecule has 0 bridgehead atoms. The van der Waals surface area contributed by atoms with Gasteiger partial charge < -0.3 is 44.9 Å². The van der Waals surface area contributed by atoms with Crippen molar-refractivity contribution in [3.63, 3.8) is 0 Å². The first-order valence-electron chi connectivity index (χ1n) is 20.5. The minimum Gasteiger partial charge on any atom is -0.507 e. The summed E-state index contributed by atoms with van der Waals surface area (Å²) in [4.78, 5) is 52.3. The Hall–Kier alpha value is -6.17. The lowest BCUT2D eigenvalue weighted by Crippen LogP contribution is -2.49. The molecule has 17 heteroatoms. The first-order chi connectivity index (χ1) is 29.5. The maximum atomic E-state index is 14.0. The molecule has 8 rings (SSSR count). The smallest absolute Gasteiger partial charge is 0.254 e. The number of nitrogens with one attached hydrogen (secondary N) is 3. The number of hydrogen-bond acceptors (Lipinski definition) is 13. The minimum atomic E-state index is -0.832. The highest BCUT2D eigenvalue weighted by atomic mass is 32.1. The molecule has 3 amide bonds. The lowest BCUT2D eigenvalue weighted by molar-refractivity contribution is -0.141. The molecule has 0 spiro atoms. The standard InChI is InChI=1S/C44H49N9O7S/c1-25(2)40(44(58)53-23-30(54)16-35(53)43(57)47-19-27-8-10-28(11-9-27)41-26(3)48-24-61-41)37-18-38(51-60-37)59-15-14-45-13-12-39(56)52-21-29(22-52)33-20-46-42-32(33)17-34(49-50-42)31-6-4-5-7-36(31)55/h4-11,17-18,20,24-25,29-30,35,40,45,54-55H,12-16,19,21-23H2,1-3H3,(H,46,50)(H,47,57)/t30-,35+,40-/m1/s1. The molecule has 6 aromatic rings. The molecule has 2 aliphatic rings. The number of aryl methyl sites for hydroxylation is 1. The number of aromatic amines is 1. The summed E-state index contributed by atoms with van der Waals surface area (Å²) in [6.45, 7) is 8.47. The molecule has 3 atom stereocenters. The van der Waals surface area contributed by atoms with E-state index in [0.29, 0.717) is 55.3 Å². The summed E-state index contributed by atoms with van der Waals surface area (Å²) >= 11 is 1.58. The topological polar surface area (TPSA) is 212 Å². The average Bonchev–Trinajstić information content (AvgIpc) is 4.06. The average molecular weight is 848 g/mol. The Balaban J connectivity index is 0.770. The zero-order valence-electron chi connectivity index (χ0n) is 34.2. The molecule has 5 N–H and O–H groups in total. The number of aliphatic hydroxyl groups excluding tert-OH is 1. The van der Waals surface area contributed by atoms with Gasteiger partial charge in [-0.2, -0.15) is 0 Å². The van der Waals surface area contributed by atoms with Gasteiger partial charge in [0.05, 0.1) is 27.9 Å². The monoisotopic (exact) mass is 847 g/mol. The molecule has 2 saturated heterocycles. The van der Waals surface area contributed by atoms with Gasteiger partial charge in [0, 0.05) is 81.2 Å². The van der Waals surface area contributed by atoms with Crippen LogP contribution in [-0.2, 0) is 20.9 Å². The van der Waals surface area contributed by atoms with E-state index in [4.69, 9.17) is 9.26 Å². The summed E-state index contributed by atoms with van der Waals surface area (Å²) in [6, 6.07) is 17.6. The summed E-state index contributed by atoms with van der Waals surface area (Å²) < 4.78 is 11.4. The first kappa shape index (κ1) is 41.6. The number of amides is 3. The number of β-amino-alcohol motifs (C(OH)–C–C–N with tert-alkyl or cyclic N) is 1. The molecule has 16 nitrogen and oxygen atoms in total.